The van der Waals surface area contributed by atoms with Gasteiger partial charge in [-0.2, -0.15) is 0 Å². The summed E-state index contributed by atoms with van der Waals surface area (Å²) in [6.45, 7) is 6.72. The average molecular weight is 442 g/mol. The molecule has 32 heavy (non-hydrogen) atoms. The molecule has 0 radical (unpaired) electrons. The quantitative estimate of drug-likeness (QED) is 0.609. The Kier molecular flexibility index (Phi) is 7.48. The Balaban J connectivity index is 1.57. The monoisotopic (exact) mass is 441 g/mol. The third kappa shape index (κ3) is 6.05. The highest BCUT2D eigenvalue weighted by Gasteiger charge is 2.45. The highest BCUT2D eigenvalue weighted by molar-refractivity contribution is 5.89. The van der Waals surface area contributed by atoms with Crippen LogP contribution in [0.25, 0.3) is 0 Å². The Bertz CT molecular complexity index is 924. The summed E-state index contributed by atoms with van der Waals surface area (Å²) in [5, 5.41) is 3.00. The Morgan fingerprint density at radius 2 is 2.00 bits per heavy atom. The van der Waals surface area contributed by atoms with Crippen LogP contribution in [0.4, 0.5) is 9.18 Å². The van der Waals surface area contributed by atoms with Crippen LogP contribution in [-0.4, -0.2) is 40.6 Å². The summed E-state index contributed by atoms with van der Waals surface area (Å²) in [7, 11) is 0. The van der Waals surface area contributed by atoms with Gasteiger partial charge in [0.1, 0.15) is 11.4 Å². The maximum Gasteiger partial charge on any atom is 0.410 e. The topological polar surface area (TPSA) is 71.5 Å². The van der Waals surface area contributed by atoms with Crippen LogP contribution in [0.15, 0.2) is 48.8 Å². The fourth-order valence-electron chi connectivity index (χ4n) is 3.88. The van der Waals surface area contributed by atoms with E-state index < -0.39 is 17.1 Å². The highest BCUT2D eigenvalue weighted by Crippen LogP contribution is 2.44. The van der Waals surface area contributed by atoms with Crippen LogP contribution in [0.1, 0.15) is 57.6 Å². The first-order chi connectivity index (χ1) is 15.2. The van der Waals surface area contributed by atoms with E-state index in [2.05, 4.69) is 10.3 Å². The first-order valence-electron chi connectivity index (χ1n) is 11.1. The summed E-state index contributed by atoms with van der Waals surface area (Å²) < 4.78 is 19.2. The third-order valence-electron chi connectivity index (χ3n) is 5.66. The minimum absolute atomic E-state index is 0.0783. The van der Waals surface area contributed by atoms with Crippen molar-refractivity contribution in [3.63, 3.8) is 0 Å². The number of rotatable bonds is 8. The van der Waals surface area contributed by atoms with Crippen LogP contribution in [0, 0.1) is 5.82 Å². The number of halogens is 1. The molecule has 2 amide bonds. The molecule has 2 aromatic rings. The number of nitrogens with one attached hydrogen (secondary N) is 1. The third-order valence-corrected chi connectivity index (χ3v) is 5.66. The van der Waals surface area contributed by atoms with E-state index in [0.717, 1.165) is 17.5 Å². The van der Waals surface area contributed by atoms with E-state index in [1.807, 2.05) is 39.0 Å². The molecule has 3 rings (SSSR count). The van der Waals surface area contributed by atoms with E-state index in [1.54, 1.807) is 23.4 Å². The molecule has 1 saturated carbocycles. The molecule has 1 fully saturated rings. The summed E-state index contributed by atoms with van der Waals surface area (Å²) in [5.41, 5.74) is 0.387. The minimum Gasteiger partial charge on any atom is -0.444 e. The Morgan fingerprint density at radius 1 is 1.22 bits per heavy atom. The van der Waals surface area contributed by atoms with Gasteiger partial charge in [0.25, 0.3) is 0 Å². The standard InChI is InChI=1S/C25H32FN3O3/c1-24(2,3)32-23(31)29(18-19-8-5-13-27-17-19)15-7-14-28-22(30)25(11-6-12-25)20-9-4-10-21(26)16-20/h4-5,8-10,13,16-17H,6-7,11-12,14-15,18H2,1-3H3,(H,28,30). The van der Waals surface area contributed by atoms with Crippen LogP contribution in [0.3, 0.4) is 0 Å². The van der Waals surface area contributed by atoms with Crippen molar-refractivity contribution in [1.29, 1.82) is 0 Å². The number of hydrogen-bond acceptors (Lipinski definition) is 4. The zero-order chi connectivity index (χ0) is 23.2. The number of aromatic nitrogens is 1. The van der Waals surface area contributed by atoms with Crippen LogP contribution < -0.4 is 5.32 Å². The molecular weight excluding hydrogens is 409 g/mol. The van der Waals surface area contributed by atoms with Gasteiger partial charge in [-0.05, 0) is 69.4 Å². The molecule has 0 bridgehead atoms. The summed E-state index contributed by atoms with van der Waals surface area (Å²) in [6.07, 6.45) is 5.96. The predicted molar refractivity (Wildman–Crippen MR) is 120 cm³/mol. The highest BCUT2D eigenvalue weighted by atomic mass is 19.1. The van der Waals surface area contributed by atoms with E-state index in [0.29, 0.717) is 38.9 Å². The van der Waals surface area contributed by atoms with Crippen LogP contribution >= 0.6 is 0 Å². The lowest BCUT2D eigenvalue weighted by Gasteiger charge is -2.40. The largest absolute Gasteiger partial charge is 0.444 e. The van der Waals surface area contributed by atoms with Crippen molar-refractivity contribution in [3.8, 4) is 0 Å². The van der Waals surface area contributed by atoms with Crippen molar-refractivity contribution in [2.45, 2.75) is 64.0 Å². The van der Waals surface area contributed by atoms with Gasteiger partial charge in [0.15, 0.2) is 0 Å². The molecule has 6 nitrogen and oxygen atoms in total. The zero-order valence-corrected chi connectivity index (χ0v) is 19.1. The molecule has 1 N–H and O–H groups in total. The molecule has 0 saturated heterocycles. The number of carbonyl (C=O) groups excluding carboxylic acids is 2. The van der Waals surface area contributed by atoms with Crippen LogP contribution in [0.2, 0.25) is 0 Å². The zero-order valence-electron chi connectivity index (χ0n) is 19.1. The van der Waals surface area contributed by atoms with Gasteiger partial charge in [0.2, 0.25) is 5.91 Å². The number of benzene rings is 1. The van der Waals surface area contributed by atoms with E-state index in [1.165, 1.54) is 12.1 Å². The molecule has 1 aliphatic carbocycles. The molecule has 0 unspecified atom stereocenters. The molecule has 0 spiro atoms. The normalized spacial score (nSPS) is 14.9. The van der Waals surface area contributed by atoms with Crippen LogP contribution in [0.5, 0.6) is 0 Å². The molecule has 0 aliphatic heterocycles. The smallest absolute Gasteiger partial charge is 0.410 e. The van der Waals surface area contributed by atoms with Crippen molar-refractivity contribution >= 4 is 12.0 Å². The molecular formula is C25H32FN3O3. The van der Waals surface area contributed by atoms with Gasteiger partial charge in [-0.1, -0.05) is 24.6 Å². The average Bonchev–Trinajstić information content (AvgIpc) is 2.69. The molecule has 1 heterocycles. The van der Waals surface area contributed by atoms with Crippen molar-refractivity contribution in [2.24, 2.45) is 0 Å². The maximum absolute atomic E-state index is 13.7. The summed E-state index contributed by atoms with van der Waals surface area (Å²) in [5.74, 6) is -0.407. The van der Waals surface area contributed by atoms with Gasteiger partial charge in [-0.25, -0.2) is 9.18 Å². The number of ether oxygens (including phenoxy) is 1. The van der Waals surface area contributed by atoms with Gasteiger partial charge in [-0.3, -0.25) is 9.78 Å². The van der Waals surface area contributed by atoms with Crippen molar-refractivity contribution < 1.29 is 18.7 Å². The number of nitrogens with zero attached hydrogens (tertiary/aromatic N) is 2. The molecule has 1 aromatic carbocycles. The minimum atomic E-state index is -0.650. The molecule has 0 atom stereocenters. The SMILES string of the molecule is CC(C)(C)OC(=O)N(CCCNC(=O)C1(c2cccc(F)c2)CCC1)Cc1cccnc1. The van der Waals surface area contributed by atoms with Gasteiger partial charge in [0.05, 0.1) is 12.0 Å². The first kappa shape index (κ1) is 23.7. The second-order valence-electron chi connectivity index (χ2n) is 9.32. The van der Waals surface area contributed by atoms with E-state index >= 15 is 0 Å². The maximum atomic E-state index is 13.7. The van der Waals surface area contributed by atoms with E-state index in [-0.39, 0.29) is 11.7 Å². The summed E-state index contributed by atoms with van der Waals surface area (Å²) in [6, 6.07) is 10.0. The summed E-state index contributed by atoms with van der Waals surface area (Å²) in [4.78, 5) is 31.4. The Labute approximate surface area is 189 Å². The summed E-state index contributed by atoms with van der Waals surface area (Å²) >= 11 is 0. The van der Waals surface area contributed by atoms with Crippen molar-refractivity contribution in [1.82, 2.24) is 15.2 Å². The van der Waals surface area contributed by atoms with Gasteiger partial charge in [-0.15, -0.1) is 0 Å². The number of hydrogen-bond donors (Lipinski definition) is 1. The van der Waals surface area contributed by atoms with Gasteiger partial charge in [0, 0.05) is 25.5 Å². The number of carbonyl (C=O) groups is 2. The molecule has 1 aromatic heterocycles. The Morgan fingerprint density at radius 3 is 2.59 bits per heavy atom. The predicted octanol–water partition coefficient (Wildman–Crippen LogP) is 4.59. The lowest BCUT2D eigenvalue weighted by Crippen LogP contribution is -2.49. The fourth-order valence-corrected chi connectivity index (χ4v) is 3.88. The molecule has 1 aliphatic rings. The second-order valence-corrected chi connectivity index (χ2v) is 9.32. The van der Waals surface area contributed by atoms with Crippen LogP contribution in [-0.2, 0) is 21.5 Å². The van der Waals surface area contributed by atoms with Crippen molar-refractivity contribution in [3.05, 3.63) is 65.7 Å². The fraction of sp³-hybridized carbons (Fsp3) is 0.480. The number of amides is 2. The molecule has 172 valence electrons. The Hall–Kier alpha value is -2.96. The lowest BCUT2D eigenvalue weighted by atomic mass is 9.64. The van der Waals surface area contributed by atoms with Crippen molar-refractivity contribution in [2.75, 3.05) is 13.1 Å². The lowest BCUT2D eigenvalue weighted by molar-refractivity contribution is -0.129. The van der Waals surface area contributed by atoms with Gasteiger partial charge < -0.3 is 15.0 Å². The second kappa shape index (κ2) is 10.1. The molecule has 7 heteroatoms. The first-order valence-corrected chi connectivity index (χ1v) is 11.1. The number of pyridine rings is 1. The van der Waals surface area contributed by atoms with E-state index in [9.17, 15) is 14.0 Å². The van der Waals surface area contributed by atoms with Gasteiger partial charge >= 0.3 is 6.09 Å². The van der Waals surface area contributed by atoms with E-state index in [4.69, 9.17) is 4.74 Å².